The summed E-state index contributed by atoms with van der Waals surface area (Å²) in [4.78, 5) is 25.2. The summed E-state index contributed by atoms with van der Waals surface area (Å²) >= 11 is 12.2. The summed E-state index contributed by atoms with van der Waals surface area (Å²) in [7, 11) is 0. The van der Waals surface area contributed by atoms with Gasteiger partial charge < -0.3 is 14.7 Å². The molecule has 1 aromatic heterocycles. The number of rotatable bonds is 5. The van der Waals surface area contributed by atoms with E-state index in [9.17, 15) is 9.59 Å². The number of aromatic nitrogens is 1. The summed E-state index contributed by atoms with van der Waals surface area (Å²) in [6.45, 7) is 3.25. The van der Waals surface area contributed by atoms with Gasteiger partial charge in [-0.15, -0.1) is 0 Å². The number of anilines is 2. The maximum Gasteiger partial charge on any atom is 0.227 e. The Morgan fingerprint density at radius 1 is 1.30 bits per heavy atom. The van der Waals surface area contributed by atoms with E-state index in [4.69, 9.17) is 27.7 Å². The molecule has 2 aromatic rings. The van der Waals surface area contributed by atoms with E-state index >= 15 is 0 Å². The van der Waals surface area contributed by atoms with Crippen molar-refractivity contribution in [3.63, 3.8) is 0 Å². The monoisotopic (exact) mass is 355 g/mol. The van der Waals surface area contributed by atoms with Gasteiger partial charge in [0.1, 0.15) is 5.76 Å². The molecule has 0 bridgehead atoms. The van der Waals surface area contributed by atoms with Gasteiger partial charge in [-0.2, -0.15) is 0 Å². The van der Waals surface area contributed by atoms with Crippen LogP contribution in [0.15, 0.2) is 28.8 Å². The molecule has 0 aliphatic heterocycles. The summed E-state index contributed by atoms with van der Waals surface area (Å²) in [6.07, 6.45) is 0.0625. The quantitative estimate of drug-likeness (QED) is 0.887. The zero-order valence-corrected chi connectivity index (χ0v) is 14.1. The predicted molar refractivity (Wildman–Crippen MR) is 89.0 cm³/mol. The molecule has 0 saturated heterocycles. The van der Waals surface area contributed by atoms with Crippen molar-refractivity contribution in [3.05, 3.63) is 40.1 Å². The lowest BCUT2D eigenvalue weighted by Gasteiger charge is -2.23. The summed E-state index contributed by atoms with van der Waals surface area (Å²) in [6, 6.07) is 6.56. The molecular formula is C15H15Cl2N3O3. The molecule has 0 spiro atoms. The number of carbonyl (C=O) groups is 2. The Morgan fingerprint density at radius 2 is 1.96 bits per heavy atom. The van der Waals surface area contributed by atoms with Crippen molar-refractivity contribution < 1.29 is 14.1 Å². The third kappa shape index (κ3) is 4.46. The van der Waals surface area contributed by atoms with E-state index in [1.54, 1.807) is 31.2 Å². The summed E-state index contributed by atoms with van der Waals surface area (Å²) in [5.41, 5.74) is 0.397. The van der Waals surface area contributed by atoms with Crippen LogP contribution in [0.2, 0.25) is 10.0 Å². The van der Waals surface area contributed by atoms with Gasteiger partial charge in [0.15, 0.2) is 5.82 Å². The maximum absolute atomic E-state index is 12.0. The number of nitrogens with one attached hydrogen (secondary N) is 1. The first-order valence-electron chi connectivity index (χ1n) is 6.83. The molecule has 6 nitrogen and oxygen atoms in total. The average molecular weight is 356 g/mol. The Hall–Kier alpha value is -2.05. The lowest BCUT2D eigenvalue weighted by molar-refractivity contribution is -0.117. The van der Waals surface area contributed by atoms with Crippen molar-refractivity contribution >= 4 is 46.5 Å². The lowest BCUT2D eigenvalue weighted by Crippen LogP contribution is -2.32. The van der Waals surface area contributed by atoms with Gasteiger partial charge in [0.05, 0.1) is 15.7 Å². The Balaban J connectivity index is 2.06. The summed E-state index contributed by atoms with van der Waals surface area (Å²) in [5.74, 6) is 0.365. The fourth-order valence-electron chi connectivity index (χ4n) is 2.02. The van der Waals surface area contributed by atoms with Crippen LogP contribution in [0.25, 0.3) is 0 Å². The van der Waals surface area contributed by atoms with Crippen LogP contribution in [0.3, 0.4) is 0 Å². The van der Waals surface area contributed by atoms with E-state index in [1.807, 2.05) is 0 Å². The van der Waals surface area contributed by atoms with Crippen molar-refractivity contribution in [2.24, 2.45) is 0 Å². The molecule has 1 N–H and O–H groups in total. The molecule has 2 amide bonds. The van der Waals surface area contributed by atoms with Crippen LogP contribution in [0.5, 0.6) is 0 Å². The average Bonchev–Trinajstić information content (AvgIpc) is 2.86. The lowest BCUT2D eigenvalue weighted by atomic mass is 10.2. The van der Waals surface area contributed by atoms with Gasteiger partial charge in [0.2, 0.25) is 11.8 Å². The number of para-hydroxylation sites is 1. The second-order valence-electron chi connectivity index (χ2n) is 4.86. The minimum absolute atomic E-state index is 0.0625. The van der Waals surface area contributed by atoms with E-state index in [0.29, 0.717) is 27.3 Å². The fourth-order valence-corrected chi connectivity index (χ4v) is 2.62. The summed E-state index contributed by atoms with van der Waals surface area (Å²) < 4.78 is 4.87. The zero-order chi connectivity index (χ0) is 17.0. The highest BCUT2D eigenvalue weighted by molar-refractivity contribution is 6.39. The maximum atomic E-state index is 12.0. The number of halogens is 2. The van der Waals surface area contributed by atoms with Crippen molar-refractivity contribution in [3.8, 4) is 0 Å². The second-order valence-corrected chi connectivity index (χ2v) is 5.68. The van der Waals surface area contributed by atoms with E-state index in [2.05, 4.69) is 10.5 Å². The number of nitrogens with zero attached hydrogens (tertiary/aromatic N) is 2. The topological polar surface area (TPSA) is 75.4 Å². The first kappa shape index (κ1) is 17.3. The van der Waals surface area contributed by atoms with Crippen molar-refractivity contribution in [1.82, 2.24) is 5.16 Å². The highest BCUT2D eigenvalue weighted by atomic mass is 35.5. The molecule has 1 aromatic carbocycles. The van der Waals surface area contributed by atoms with Gasteiger partial charge in [-0.25, -0.2) is 0 Å². The number of aryl methyl sites for hydroxylation is 1. The molecule has 0 radical (unpaired) electrons. The fraction of sp³-hybridized carbons (Fsp3) is 0.267. The second kappa shape index (κ2) is 7.48. The third-order valence-corrected chi connectivity index (χ3v) is 3.66. The summed E-state index contributed by atoms with van der Waals surface area (Å²) in [5, 5.41) is 6.96. The Morgan fingerprint density at radius 3 is 2.48 bits per heavy atom. The van der Waals surface area contributed by atoms with Gasteiger partial charge in [-0.1, -0.05) is 34.4 Å². The van der Waals surface area contributed by atoms with Crippen molar-refractivity contribution in [1.29, 1.82) is 0 Å². The Bertz CT molecular complexity index is 710. The highest BCUT2D eigenvalue weighted by Crippen LogP contribution is 2.33. The number of hydrogen-bond acceptors (Lipinski definition) is 4. The van der Waals surface area contributed by atoms with E-state index in [1.165, 1.54) is 11.8 Å². The van der Waals surface area contributed by atoms with Gasteiger partial charge in [-0.3, -0.25) is 9.59 Å². The SMILES string of the molecule is CC(=O)N(CCC(=O)Nc1cc(C)on1)c1c(Cl)cccc1Cl. The molecular weight excluding hydrogens is 341 g/mol. The molecule has 8 heteroatoms. The Kier molecular flexibility index (Phi) is 5.63. The van der Waals surface area contributed by atoms with Crippen LogP contribution in [-0.2, 0) is 9.59 Å². The molecule has 0 atom stereocenters. The number of benzene rings is 1. The number of carbonyl (C=O) groups excluding carboxylic acids is 2. The van der Waals surface area contributed by atoms with Crippen LogP contribution in [0.1, 0.15) is 19.1 Å². The highest BCUT2D eigenvalue weighted by Gasteiger charge is 2.19. The minimum Gasteiger partial charge on any atom is -0.360 e. The Labute approximate surface area is 143 Å². The van der Waals surface area contributed by atoms with E-state index < -0.39 is 0 Å². The first-order valence-corrected chi connectivity index (χ1v) is 7.59. The van der Waals surface area contributed by atoms with E-state index in [-0.39, 0.29) is 24.8 Å². The number of amides is 2. The van der Waals surface area contributed by atoms with Crippen LogP contribution >= 0.6 is 23.2 Å². The first-order chi connectivity index (χ1) is 10.9. The molecule has 2 rings (SSSR count). The molecule has 0 aliphatic carbocycles. The zero-order valence-electron chi connectivity index (χ0n) is 12.6. The van der Waals surface area contributed by atoms with E-state index in [0.717, 1.165) is 0 Å². The van der Waals surface area contributed by atoms with Crippen molar-refractivity contribution in [2.45, 2.75) is 20.3 Å². The van der Waals surface area contributed by atoms with Gasteiger partial charge in [-0.05, 0) is 19.1 Å². The third-order valence-electron chi connectivity index (χ3n) is 3.05. The normalized spacial score (nSPS) is 10.4. The molecule has 0 unspecified atom stereocenters. The minimum atomic E-state index is -0.298. The van der Waals surface area contributed by atoms with Crippen LogP contribution in [-0.4, -0.2) is 23.5 Å². The van der Waals surface area contributed by atoms with Crippen molar-refractivity contribution in [2.75, 3.05) is 16.8 Å². The smallest absolute Gasteiger partial charge is 0.227 e. The predicted octanol–water partition coefficient (Wildman–Crippen LogP) is 3.67. The molecule has 122 valence electrons. The van der Waals surface area contributed by atoms with Gasteiger partial charge in [0, 0.05) is 26.0 Å². The standard InChI is InChI=1S/C15H15Cl2N3O3/c1-9-8-13(19-23-9)18-14(22)6-7-20(10(2)21)15-11(16)4-3-5-12(15)17/h3-5,8H,6-7H2,1-2H3,(H,18,19,22). The van der Waals surface area contributed by atoms with Crippen LogP contribution in [0, 0.1) is 6.92 Å². The van der Waals surface area contributed by atoms with Crippen LogP contribution < -0.4 is 10.2 Å². The largest absolute Gasteiger partial charge is 0.360 e. The molecule has 0 aliphatic rings. The molecule has 1 heterocycles. The molecule has 0 fully saturated rings. The molecule has 23 heavy (non-hydrogen) atoms. The van der Waals surface area contributed by atoms with Gasteiger partial charge >= 0.3 is 0 Å². The molecule has 0 saturated carbocycles. The van der Waals surface area contributed by atoms with Crippen LogP contribution in [0.4, 0.5) is 11.5 Å². The number of hydrogen-bond donors (Lipinski definition) is 1. The van der Waals surface area contributed by atoms with Gasteiger partial charge in [0.25, 0.3) is 0 Å².